The van der Waals surface area contributed by atoms with E-state index in [1.807, 2.05) is 24.3 Å². The SMILES string of the molecule is Oc1ccc(-c2c(C3C=CC=C3)nnn2-c2ccc(O)cc2)cc1. The summed E-state index contributed by atoms with van der Waals surface area (Å²) < 4.78 is 1.75. The van der Waals surface area contributed by atoms with Crippen LogP contribution >= 0.6 is 0 Å². The van der Waals surface area contributed by atoms with Crippen molar-refractivity contribution in [1.29, 1.82) is 0 Å². The van der Waals surface area contributed by atoms with Crippen molar-refractivity contribution in [2.75, 3.05) is 0 Å². The molecule has 0 radical (unpaired) electrons. The van der Waals surface area contributed by atoms with Crippen molar-refractivity contribution in [3.8, 4) is 28.4 Å². The van der Waals surface area contributed by atoms with Gasteiger partial charge in [0.1, 0.15) is 17.2 Å². The van der Waals surface area contributed by atoms with Gasteiger partial charge in [-0.25, -0.2) is 4.68 Å². The highest BCUT2D eigenvalue weighted by Crippen LogP contribution is 2.33. The highest BCUT2D eigenvalue weighted by atomic mass is 16.3. The first kappa shape index (κ1) is 14.3. The van der Waals surface area contributed by atoms with Gasteiger partial charge in [-0.1, -0.05) is 29.5 Å². The van der Waals surface area contributed by atoms with Gasteiger partial charge in [-0.05, 0) is 48.5 Å². The van der Waals surface area contributed by atoms with E-state index in [0.29, 0.717) is 0 Å². The molecule has 1 aliphatic carbocycles. The Hall–Kier alpha value is -3.34. The van der Waals surface area contributed by atoms with E-state index < -0.39 is 0 Å². The fourth-order valence-corrected chi connectivity index (χ4v) is 2.80. The number of aromatic nitrogens is 3. The van der Waals surface area contributed by atoms with Crippen LogP contribution in [0.3, 0.4) is 0 Å². The molecule has 0 bridgehead atoms. The van der Waals surface area contributed by atoms with E-state index in [4.69, 9.17) is 0 Å². The van der Waals surface area contributed by atoms with Crippen LogP contribution in [0.1, 0.15) is 11.6 Å². The number of benzene rings is 2. The molecule has 24 heavy (non-hydrogen) atoms. The molecule has 5 heteroatoms. The highest BCUT2D eigenvalue weighted by Gasteiger charge is 2.21. The molecule has 0 unspecified atom stereocenters. The number of phenols is 2. The molecule has 0 amide bonds. The zero-order valence-electron chi connectivity index (χ0n) is 12.7. The Morgan fingerprint density at radius 2 is 1.38 bits per heavy atom. The van der Waals surface area contributed by atoms with Crippen LogP contribution in [0.25, 0.3) is 16.9 Å². The molecule has 1 aliphatic rings. The summed E-state index contributed by atoms with van der Waals surface area (Å²) in [6, 6.07) is 13.8. The molecule has 0 saturated carbocycles. The summed E-state index contributed by atoms with van der Waals surface area (Å²) in [6.45, 7) is 0. The molecule has 1 aromatic heterocycles. The van der Waals surface area contributed by atoms with E-state index in [0.717, 1.165) is 22.6 Å². The number of nitrogens with zero attached hydrogens (tertiary/aromatic N) is 3. The van der Waals surface area contributed by atoms with E-state index in [9.17, 15) is 10.2 Å². The van der Waals surface area contributed by atoms with Gasteiger partial charge in [0.25, 0.3) is 0 Å². The number of hydrogen-bond donors (Lipinski definition) is 2. The molecule has 118 valence electrons. The van der Waals surface area contributed by atoms with Crippen LogP contribution in [-0.2, 0) is 0 Å². The Morgan fingerprint density at radius 1 is 0.792 bits per heavy atom. The van der Waals surface area contributed by atoms with Gasteiger partial charge in [0.15, 0.2) is 0 Å². The van der Waals surface area contributed by atoms with Gasteiger partial charge in [0.05, 0.1) is 11.4 Å². The van der Waals surface area contributed by atoms with Crippen molar-refractivity contribution < 1.29 is 10.2 Å². The standard InChI is InChI=1S/C19H15N3O2/c23-16-9-5-14(6-10-16)19-18(13-3-1-2-4-13)20-21-22(19)15-7-11-17(24)12-8-15/h1-13,23-24H. The van der Waals surface area contributed by atoms with Crippen LogP contribution in [0.4, 0.5) is 0 Å². The molecule has 2 N–H and O–H groups in total. The maximum atomic E-state index is 9.56. The van der Waals surface area contributed by atoms with Gasteiger partial charge in [-0.3, -0.25) is 0 Å². The molecule has 0 saturated heterocycles. The molecule has 2 aromatic carbocycles. The number of phenolic OH excluding ortho intramolecular Hbond substituents is 2. The summed E-state index contributed by atoms with van der Waals surface area (Å²) >= 11 is 0. The molecule has 0 fully saturated rings. The number of hydrogen-bond acceptors (Lipinski definition) is 4. The van der Waals surface area contributed by atoms with E-state index in [1.54, 1.807) is 41.1 Å². The second-order valence-electron chi connectivity index (χ2n) is 5.59. The molecule has 0 aliphatic heterocycles. The number of rotatable bonds is 3. The molecule has 1 heterocycles. The normalized spacial score (nSPS) is 13.7. The van der Waals surface area contributed by atoms with Gasteiger partial charge < -0.3 is 10.2 Å². The Labute approximate surface area is 138 Å². The maximum absolute atomic E-state index is 9.56. The largest absolute Gasteiger partial charge is 0.508 e. The van der Waals surface area contributed by atoms with Crippen LogP contribution in [0.15, 0.2) is 72.8 Å². The van der Waals surface area contributed by atoms with Crippen molar-refractivity contribution in [1.82, 2.24) is 15.0 Å². The zero-order valence-corrected chi connectivity index (χ0v) is 12.7. The maximum Gasteiger partial charge on any atom is 0.115 e. The van der Waals surface area contributed by atoms with Crippen LogP contribution in [0.2, 0.25) is 0 Å². The Bertz CT molecular complexity index is 910. The fraction of sp³-hybridized carbons (Fsp3) is 0.0526. The van der Waals surface area contributed by atoms with Gasteiger partial charge in [-0.15, -0.1) is 5.10 Å². The van der Waals surface area contributed by atoms with Gasteiger partial charge in [0.2, 0.25) is 0 Å². The number of aromatic hydroxyl groups is 2. The van der Waals surface area contributed by atoms with Gasteiger partial charge in [-0.2, -0.15) is 0 Å². The molecule has 0 spiro atoms. The van der Waals surface area contributed by atoms with Crippen LogP contribution in [-0.4, -0.2) is 25.2 Å². The van der Waals surface area contributed by atoms with Crippen molar-refractivity contribution in [2.45, 2.75) is 5.92 Å². The van der Waals surface area contributed by atoms with Crippen molar-refractivity contribution in [3.05, 3.63) is 78.5 Å². The first-order valence-electron chi connectivity index (χ1n) is 7.62. The van der Waals surface area contributed by atoms with E-state index in [1.165, 1.54) is 0 Å². The summed E-state index contributed by atoms with van der Waals surface area (Å²) in [5.74, 6) is 0.483. The minimum Gasteiger partial charge on any atom is -0.508 e. The molecular weight excluding hydrogens is 302 g/mol. The third-order valence-electron chi connectivity index (χ3n) is 4.00. The molecule has 4 rings (SSSR count). The quantitative estimate of drug-likeness (QED) is 0.775. The first-order valence-corrected chi connectivity index (χ1v) is 7.62. The van der Waals surface area contributed by atoms with E-state index in [2.05, 4.69) is 22.5 Å². The zero-order chi connectivity index (χ0) is 16.5. The summed E-state index contributed by atoms with van der Waals surface area (Å²) in [5, 5.41) is 27.8. The van der Waals surface area contributed by atoms with Gasteiger partial charge in [0, 0.05) is 11.5 Å². The number of allylic oxidation sites excluding steroid dienone is 4. The van der Waals surface area contributed by atoms with Crippen molar-refractivity contribution >= 4 is 0 Å². The summed E-state index contributed by atoms with van der Waals surface area (Å²) in [7, 11) is 0. The monoisotopic (exact) mass is 317 g/mol. The average molecular weight is 317 g/mol. The predicted octanol–water partition coefficient (Wildman–Crippen LogP) is 3.56. The minimum absolute atomic E-state index is 0.0691. The summed E-state index contributed by atoms with van der Waals surface area (Å²) in [4.78, 5) is 0. The average Bonchev–Trinajstić information content (AvgIpc) is 3.25. The van der Waals surface area contributed by atoms with Crippen LogP contribution in [0.5, 0.6) is 11.5 Å². The van der Waals surface area contributed by atoms with Crippen LogP contribution in [0, 0.1) is 0 Å². The van der Waals surface area contributed by atoms with E-state index in [-0.39, 0.29) is 17.4 Å². The highest BCUT2D eigenvalue weighted by molar-refractivity contribution is 5.67. The van der Waals surface area contributed by atoms with Crippen molar-refractivity contribution in [3.63, 3.8) is 0 Å². The summed E-state index contributed by atoms with van der Waals surface area (Å²) in [5.41, 5.74) is 3.43. The molecule has 0 atom stereocenters. The Kier molecular flexibility index (Phi) is 3.39. The first-order chi connectivity index (χ1) is 11.7. The van der Waals surface area contributed by atoms with E-state index >= 15 is 0 Å². The smallest absolute Gasteiger partial charge is 0.115 e. The Balaban J connectivity index is 1.90. The lowest BCUT2D eigenvalue weighted by molar-refractivity contribution is 0.474. The second kappa shape index (κ2) is 5.70. The third kappa shape index (κ3) is 2.46. The predicted molar refractivity (Wildman–Crippen MR) is 91.1 cm³/mol. The lowest BCUT2D eigenvalue weighted by Gasteiger charge is -2.10. The fourth-order valence-electron chi connectivity index (χ4n) is 2.80. The summed E-state index contributed by atoms with van der Waals surface area (Å²) in [6.07, 6.45) is 8.11. The molecule has 5 nitrogen and oxygen atoms in total. The Morgan fingerprint density at radius 3 is 2.00 bits per heavy atom. The third-order valence-corrected chi connectivity index (χ3v) is 4.00. The minimum atomic E-state index is 0.0691. The van der Waals surface area contributed by atoms with Gasteiger partial charge >= 0.3 is 0 Å². The van der Waals surface area contributed by atoms with Crippen LogP contribution < -0.4 is 0 Å². The topological polar surface area (TPSA) is 71.2 Å². The van der Waals surface area contributed by atoms with Crippen molar-refractivity contribution in [2.24, 2.45) is 0 Å². The molecule has 3 aromatic rings. The molecular formula is C19H15N3O2. The lowest BCUT2D eigenvalue weighted by atomic mass is 10.0. The second-order valence-corrected chi connectivity index (χ2v) is 5.59. The lowest BCUT2D eigenvalue weighted by Crippen LogP contribution is -2.00.